The van der Waals surface area contributed by atoms with Gasteiger partial charge in [0.05, 0.1) is 0 Å². The number of ether oxygens (including phenoxy) is 1. The van der Waals surface area contributed by atoms with E-state index in [2.05, 4.69) is 51.2 Å². The van der Waals surface area contributed by atoms with Gasteiger partial charge < -0.3 is 10.1 Å². The highest BCUT2D eigenvalue weighted by Crippen LogP contribution is 2.19. The first-order chi connectivity index (χ1) is 8.46. The summed E-state index contributed by atoms with van der Waals surface area (Å²) in [5.41, 5.74) is 4.46. The van der Waals surface area contributed by atoms with Crippen LogP contribution in [0, 0.1) is 19.3 Å². The van der Waals surface area contributed by atoms with Crippen molar-refractivity contribution in [2.75, 3.05) is 20.3 Å². The molecule has 1 rings (SSSR count). The highest BCUT2D eigenvalue weighted by atomic mass is 16.5. The molecule has 0 aliphatic heterocycles. The van der Waals surface area contributed by atoms with Gasteiger partial charge >= 0.3 is 0 Å². The first-order valence-electron chi connectivity index (χ1n) is 6.71. The van der Waals surface area contributed by atoms with Gasteiger partial charge in [-0.05, 0) is 42.4 Å². The van der Waals surface area contributed by atoms with E-state index in [1.165, 1.54) is 16.7 Å². The van der Waals surface area contributed by atoms with Crippen LogP contribution in [0.5, 0.6) is 0 Å². The van der Waals surface area contributed by atoms with Crippen LogP contribution in [0.3, 0.4) is 0 Å². The topological polar surface area (TPSA) is 21.3 Å². The van der Waals surface area contributed by atoms with Gasteiger partial charge in [0.1, 0.15) is 0 Å². The summed E-state index contributed by atoms with van der Waals surface area (Å²) in [6.45, 7) is 11.7. The summed E-state index contributed by atoms with van der Waals surface area (Å²) in [4.78, 5) is 0. The molecule has 1 aromatic carbocycles. The Morgan fingerprint density at radius 2 is 1.78 bits per heavy atom. The monoisotopic (exact) mass is 249 g/mol. The summed E-state index contributed by atoms with van der Waals surface area (Å²) in [5, 5.41) is 3.58. The van der Waals surface area contributed by atoms with Crippen molar-refractivity contribution in [3.05, 3.63) is 34.9 Å². The Morgan fingerprint density at radius 3 is 2.33 bits per heavy atom. The number of aryl methyl sites for hydroxylation is 2. The SMILES string of the molecule is COCCC(C)(C)CNCc1c(C)cccc1C. The van der Waals surface area contributed by atoms with Crippen LogP contribution < -0.4 is 5.32 Å². The van der Waals surface area contributed by atoms with Gasteiger partial charge in [-0.2, -0.15) is 0 Å². The standard InChI is InChI=1S/C16H27NO/c1-13-7-6-8-14(2)15(13)11-17-12-16(3,4)9-10-18-5/h6-8,17H,9-12H2,1-5H3. The lowest BCUT2D eigenvalue weighted by Gasteiger charge is -2.25. The zero-order valence-corrected chi connectivity index (χ0v) is 12.5. The molecule has 0 aliphatic rings. The van der Waals surface area contributed by atoms with Gasteiger partial charge in [-0.1, -0.05) is 32.0 Å². The van der Waals surface area contributed by atoms with Crippen LogP contribution in [0.4, 0.5) is 0 Å². The molecule has 0 bridgehead atoms. The lowest BCUT2D eigenvalue weighted by molar-refractivity contribution is 0.150. The van der Waals surface area contributed by atoms with Crippen molar-refractivity contribution in [1.82, 2.24) is 5.32 Å². The van der Waals surface area contributed by atoms with Crippen molar-refractivity contribution >= 4 is 0 Å². The van der Waals surface area contributed by atoms with Crippen LogP contribution >= 0.6 is 0 Å². The molecule has 1 N–H and O–H groups in total. The van der Waals surface area contributed by atoms with Crippen LogP contribution in [-0.4, -0.2) is 20.3 Å². The minimum Gasteiger partial charge on any atom is -0.385 e. The second-order valence-electron chi connectivity index (χ2n) is 5.88. The van der Waals surface area contributed by atoms with Gasteiger partial charge in [-0.15, -0.1) is 0 Å². The first-order valence-corrected chi connectivity index (χ1v) is 6.71. The molecule has 2 heteroatoms. The molecule has 0 saturated heterocycles. The van der Waals surface area contributed by atoms with Crippen molar-refractivity contribution < 1.29 is 4.74 Å². The second kappa shape index (κ2) is 6.91. The Bertz CT molecular complexity index is 351. The van der Waals surface area contributed by atoms with Gasteiger partial charge in [0.25, 0.3) is 0 Å². The van der Waals surface area contributed by atoms with Crippen molar-refractivity contribution in [1.29, 1.82) is 0 Å². The Balaban J connectivity index is 2.46. The zero-order chi connectivity index (χ0) is 13.6. The summed E-state index contributed by atoms with van der Waals surface area (Å²) < 4.78 is 5.15. The largest absolute Gasteiger partial charge is 0.385 e. The van der Waals surface area contributed by atoms with Gasteiger partial charge in [0, 0.05) is 26.8 Å². The molecule has 0 spiro atoms. The fraction of sp³-hybridized carbons (Fsp3) is 0.625. The van der Waals surface area contributed by atoms with E-state index in [0.717, 1.165) is 26.1 Å². The molecule has 0 radical (unpaired) electrons. The average molecular weight is 249 g/mol. The van der Waals surface area contributed by atoms with Crippen LogP contribution in [0.2, 0.25) is 0 Å². The number of hydrogen-bond donors (Lipinski definition) is 1. The fourth-order valence-corrected chi connectivity index (χ4v) is 2.12. The van der Waals surface area contributed by atoms with E-state index in [1.54, 1.807) is 7.11 Å². The Labute approximate surface area is 112 Å². The molecule has 0 fully saturated rings. The predicted molar refractivity (Wildman–Crippen MR) is 77.9 cm³/mol. The van der Waals surface area contributed by atoms with Crippen molar-refractivity contribution in [2.45, 2.75) is 40.7 Å². The number of benzene rings is 1. The molecule has 0 saturated carbocycles. The normalized spacial score (nSPS) is 11.8. The molecule has 0 amide bonds. The van der Waals surface area contributed by atoms with Crippen LogP contribution in [0.25, 0.3) is 0 Å². The maximum absolute atomic E-state index is 5.15. The summed E-state index contributed by atoms with van der Waals surface area (Å²) in [6.07, 6.45) is 1.09. The van der Waals surface area contributed by atoms with E-state index in [9.17, 15) is 0 Å². The molecule has 0 aromatic heterocycles. The number of rotatable bonds is 7. The third-order valence-electron chi connectivity index (χ3n) is 3.53. The first kappa shape index (κ1) is 15.2. The molecule has 0 heterocycles. The number of methoxy groups -OCH3 is 1. The lowest BCUT2D eigenvalue weighted by Crippen LogP contribution is -2.30. The van der Waals surface area contributed by atoms with E-state index in [4.69, 9.17) is 4.74 Å². The van der Waals surface area contributed by atoms with Gasteiger partial charge in [-0.3, -0.25) is 0 Å². The van der Waals surface area contributed by atoms with Crippen LogP contribution in [0.15, 0.2) is 18.2 Å². The molecule has 0 aliphatic carbocycles. The Kier molecular flexibility index (Phi) is 5.83. The molecule has 1 aromatic rings. The molecule has 2 nitrogen and oxygen atoms in total. The Morgan fingerprint density at radius 1 is 1.17 bits per heavy atom. The average Bonchev–Trinajstić information content (AvgIpc) is 2.30. The summed E-state index contributed by atoms with van der Waals surface area (Å²) in [7, 11) is 1.76. The summed E-state index contributed by atoms with van der Waals surface area (Å²) in [5.74, 6) is 0. The maximum atomic E-state index is 5.15. The number of hydrogen-bond acceptors (Lipinski definition) is 2. The highest BCUT2D eigenvalue weighted by Gasteiger charge is 2.17. The Hall–Kier alpha value is -0.860. The molecular formula is C16H27NO. The van der Waals surface area contributed by atoms with Crippen molar-refractivity contribution in [2.24, 2.45) is 5.41 Å². The molecule has 0 unspecified atom stereocenters. The van der Waals surface area contributed by atoms with Crippen LogP contribution in [-0.2, 0) is 11.3 Å². The second-order valence-corrected chi connectivity index (χ2v) is 5.88. The zero-order valence-electron chi connectivity index (χ0n) is 12.5. The molecule has 102 valence electrons. The lowest BCUT2D eigenvalue weighted by atomic mass is 9.89. The summed E-state index contributed by atoms with van der Waals surface area (Å²) >= 11 is 0. The van der Waals surface area contributed by atoms with E-state index in [0.29, 0.717) is 0 Å². The molecule has 0 atom stereocenters. The van der Waals surface area contributed by atoms with Crippen molar-refractivity contribution in [3.8, 4) is 0 Å². The fourth-order valence-electron chi connectivity index (χ4n) is 2.12. The predicted octanol–water partition coefficient (Wildman–Crippen LogP) is 3.46. The number of nitrogens with one attached hydrogen (secondary N) is 1. The van der Waals surface area contributed by atoms with Gasteiger partial charge in [0.2, 0.25) is 0 Å². The third kappa shape index (κ3) is 4.79. The van der Waals surface area contributed by atoms with Gasteiger partial charge in [0.15, 0.2) is 0 Å². The minimum atomic E-state index is 0.284. The van der Waals surface area contributed by atoms with Crippen LogP contribution in [0.1, 0.15) is 37.0 Å². The quantitative estimate of drug-likeness (QED) is 0.799. The van der Waals surface area contributed by atoms with E-state index < -0.39 is 0 Å². The van der Waals surface area contributed by atoms with E-state index in [1.807, 2.05) is 0 Å². The third-order valence-corrected chi connectivity index (χ3v) is 3.53. The van der Waals surface area contributed by atoms with E-state index in [-0.39, 0.29) is 5.41 Å². The molecular weight excluding hydrogens is 222 g/mol. The minimum absolute atomic E-state index is 0.284. The molecule has 18 heavy (non-hydrogen) atoms. The summed E-state index contributed by atoms with van der Waals surface area (Å²) in [6, 6.07) is 6.48. The van der Waals surface area contributed by atoms with E-state index >= 15 is 0 Å². The van der Waals surface area contributed by atoms with Gasteiger partial charge in [-0.25, -0.2) is 0 Å². The maximum Gasteiger partial charge on any atom is 0.0467 e. The smallest absolute Gasteiger partial charge is 0.0467 e. The highest BCUT2D eigenvalue weighted by molar-refractivity contribution is 5.33. The van der Waals surface area contributed by atoms with Crippen molar-refractivity contribution in [3.63, 3.8) is 0 Å².